The molecule has 1 aliphatic rings. The third-order valence-electron chi connectivity index (χ3n) is 2.69. The topological polar surface area (TPSA) is 20.3 Å². The molecule has 86 valence electrons. The van der Waals surface area contributed by atoms with Gasteiger partial charge in [-0.3, -0.25) is 4.79 Å². The Kier molecular flexibility index (Phi) is 3.10. The first-order valence-electron chi connectivity index (χ1n) is 4.89. The Hall–Kier alpha value is -1.16. The number of hydrogen-bond donors (Lipinski definition) is 0. The molecule has 1 aromatic carbocycles. The summed E-state index contributed by atoms with van der Waals surface area (Å²) in [5.41, 5.74) is 1.32. The number of anilines is 1. The number of benzene rings is 1. The molecule has 0 spiro atoms. The van der Waals surface area contributed by atoms with Gasteiger partial charge in [0, 0.05) is 12.1 Å². The first-order chi connectivity index (χ1) is 7.65. The van der Waals surface area contributed by atoms with Gasteiger partial charge in [-0.05, 0) is 11.6 Å². The van der Waals surface area contributed by atoms with Crippen molar-refractivity contribution in [2.75, 3.05) is 10.8 Å². The number of carbonyl (C=O) groups is 1. The SMILES string of the molecule is O=C(CCl)N1c2ccccc2C[C@H]1C(F)F. The summed E-state index contributed by atoms with van der Waals surface area (Å²) in [6.45, 7) is 0. The van der Waals surface area contributed by atoms with Gasteiger partial charge in [-0.1, -0.05) is 18.2 Å². The molecule has 0 N–H and O–H groups in total. The Labute approximate surface area is 96.8 Å². The molecule has 0 bridgehead atoms. The van der Waals surface area contributed by atoms with Crippen LogP contribution in [0.5, 0.6) is 0 Å². The monoisotopic (exact) mass is 245 g/mol. The van der Waals surface area contributed by atoms with E-state index in [2.05, 4.69) is 0 Å². The van der Waals surface area contributed by atoms with E-state index in [1.807, 2.05) is 0 Å². The van der Waals surface area contributed by atoms with Gasteiger partial charge in [0.2, 0.25) is 5.91 Å². The van der Waals surface area contributed by atoms with Gasteiger partial charge in [0.05, 0.1) is 0 Å². The lowest BCUT2D eigenvalue weighted by Gasteiger charge is -2.23. The second kappa shape index (κ2) is 4.37. The number of alkyl halides is 3. The van der Waals surface area contributed by atoms with E-state index in [1.165, 1.54) is 0 Å². The summed E-state index contributed by atoms with van der Waals surface area (Å²) in [4.78, 5) is 12.7. The van der Waals surface area contributed by atoms with E-state index in [0.29, 0.717) is 5.69 Å². The number of halogens is 3. The van der Waals surface area contributed by atoms with E-state index >= 15 is 0 Å². The van der Waals surface area contributed by atoms with Crippen molar-refractivity contribution < 1.29 is 13.6 Å². The number of para-hydroxylation sites is 1. The summed E-state index contributed by atoms with van der Waals surface area (Å²) >= 11 is 5.43. The molecule has 2 rings (SSSR count). The maximum Gasteiger partial charge on any atom is 0.259 e. The smallest absolute Gasteiger partial charge is 0.259 e. The predicted molar refractivity (Wildman–Crippen MR) is 58.1 cm³/mol. The van der Waals surface area contributed by atoms with Gasteiger partial charge in [0.1, 0.15) is 11.9 Å². The van der Waals surface area contributed by atoms with Crippen molar-refractivity contribution in [2.24, 2.45) is 0 Å². The molecular weight excluding hydrogens is 236 g/mol. The Morgan fingerprint density at radius 1 is 1.50 bits per heavy atom. The van der Waals surface area contributed by atoms with Crippen molar-refractivity contribution in [2.45, 2.75) is 18.9 Å². The average molecular weight is 246 g/mol. The number of hydrogen-bond acceptors (Lipinski definition) is 1. The van der Waals surface area contributed by atoms with Crippen LogP contribution in [-0.2, 0) is 11.2 Å². The first kappa shape index (κ1) is 11.3. The molecule has 0 aliphatic carbocycles. The van der Waals surface area contributed by atoms with Gasteiger partial charge in [-0.25, -0.2) is 8.78 Å². The van der Waals surface area contributed by atoms with Gasteiger partial charge < -0.3 is 4.90 Å². The van der Waals surface area contributed by atoms with Crippen LogP contribution in [0.2, 0.25) is 0 Å². The summed E-state index contributed by atoms with van der Waals surface area (Å²) in [6, 6.07) is 5.84. The fourth-order valence-corrected chi connectivity index (χ4v) is 2.13. The van der Waals surface area contributed by atoms with Crippen molar-refractivity contribution in [1.29, 1.82) is 0 Å². The van der Waals surface area contributed by atoms with Crippen LogP contribution in [0.4, 0.5) is 14.5 Å². The van der Waals surface area contributed by atoms with Crippen LogP contribution in [-0.4, -0.2) is 24.3 Å². The minimum atomic E-state index is -2.56. The Morgan fingerprint density at radius 2 is 2.19 bits per heavy atom. The number of amides is 1. The lowest BCUT2D eigenvalue weighted by atomic mass is 10.1. The third kappa shape index (κ3) is 1.78. The second-order valence-corrected chi connectivity index (χ2v) is 3.90. The summed E-state index contributed by atoms with van der Waals surface area (Å²) in [5, 5.41) is 0. The molecule has 0 fully saturated rings. The molecule has 0 aromatic heterocycles. The number of carbonyl (C=O) groups excluding carboxylic acids is 1. The number of nitrogens with zero attached hydrogens (tertiary/aromatic N) is 1. The Balaban J connectivity index is 2.40. The molecule has 0 unspecified atom stereocenters. The molecule has 0 saturated heterocycles. The zero-order valence-corrected chi connectivity index (χ0v) is 9.12. The van der Waals surface area contributed by atoms with Crippen LogP contribution >= 0.6 is 11.6 Å². The van der Waals surface area contributed by atoms with E-state index in [0.717, 1.165) is 10.5 Å². The lowest BCUT2D eigenvalue weighted by molar-refractivity contribution is -0.117. The highest BCUT2D eigenvalue weighted by atomic mass is 35.5. The maximum atomic E-state index is 12.8. The predicted octanol–water partition coefficient (Wildman–Crippen LogP) is 2.45. The molecule has 0 saturated carbocycles. The highest BCUT2D eigenvalue weighted by molar-refractivity contribution is 6.29. The highest BCUT2D eigenvalue weighted by Crippen LogP contribution is 2.34. The van der Waals surface area contributed by atoms with Crippen LogP contribution in [0.3, 0.4) is 0 Å². The van der Waals surface area contributed by atoms with Crippen molar-refractivity contribution in [3.05, 3.63) is 29.8 Å². The van der Waals surface area contributed by atoms with Crippen molar-refractivity contribution in [1.82, 2.24) is 0 Å². The van der Waals surface area contributed by atoms with E-state index in [9.17, 15) is 13.6 Å². The standard InChI is InChI=1S/C11H10ClF2NO/c12-6-10(16)15-8-4-2-1-3-7(8)5-9(15)11(13)14/h1-4,9,11H,5-6H2/t9-/m0/s1. The molecule has 1 aromatic rings. The normalized spacial score (nSPS) is 19.0. The van der Waals surface area contributed by atoms with Gasteiger partial charge in [0.15, 0.2) is 0 Å². The number of fused-ring (bicyclic) bond motifs is 1. The minimum absolute atomic E-state index is 0.191. The number of rotatable bonds is 2. The van der Waals surface area contributed by atoms with E-state index in [1.54, 1.807) is 24.3 Å². The Morgan fingerprint density at radius 3 is 2.81 bits per heavy atom. The van der Waals surface area contributed by atoms with Gasteiger partial charge >= 0.3 is 0 Å². The molecule has 5 heteroatoms. The molecule has 0 radical (unpaired) electrons. The third-order valence-corrected chi connectivity index (χ3v) is 2.91. The van der Waals surface area contributed by atoms with Gasteiger partial charge in [-0.2, -0.15) is 0 Å². The van der Waals surface area contributed by atoms with Crippen LogP contribution < -0.4 is 4.90 Å². The second-order valence-electron chi connectivity index (χ2n) is 3.63. The molecule has 16 heavy (non-hydrogen) atoms. The zero-order chi connectivity index (χ0) is 11.7. The van der Waals surface area contributed by atoms with Gasteiger partial charge in [0.25, 0.3) is 6.43 Å². The van der Waals surface area contributed by atoms with Crippen LogP contribution in [0.15, 0.2) is 24.3 Å². The quantitative estimate of drug-likeness (QED) is 0.733. The molecule has 1 aliphatic heterocycles. The largest absolute Gasteiger partial charge is 0.302 e. The van der Waals surface area contributed by atoms with Crippen molar-refractivity contribution >= 4 is 23.2 Å². The Bertz CT molecular complexity index is 411. The molecule has 1 heterocycles. The lowest BCUT2D eigenvalue weighted by Crippen LogP contribution is -2.42. The first-order valence-corrected chi connectivity index (χ1v) is 5.42. The molecule has 2 nitrogen and oxygen atoms in total. The molecule has 1 amide bonds. The van der Waals surface area contributed by atoms with Crippen LogP contribution in [0.25, 0.3) is 0 Å². The van der Waals surface area contributed by atoms with Gasteiger partial charge in [-0.15, -0.1) is 11.6 Å². The van der Waals surface area contributed by atoms with Crippen molar-refractivity contribution in [3.63, 3.8) is 0 Å². The van der Waals surface area contributed by atoms with E-state index in [-0.39, 0.29) is 12.3 Å². The zero-order valence-electron chi connectivity index (χ0n) is 8.37. The fraction of sp³-hybridized carbons (Fsp3) is 0.364. The summed E-state index contributed by atoms with van der Waals surface area (Å²) in [6.07, 6.45) is -2.37. The summed E-state index contributed by atoms with van der Waals surface area (Å²) < 4.78 is 25.6. The fourth-order valence-electron chi connectivity index (χ4n) is 2.00. The molecular formula is C11H10ClF2NO. The average Bonchev–Trinajstić information content (AvgIpc) is 2.67. The minimum Gasteiger partial charge on any atom is -0.302 e. The maximum absolute atomic E-state index is 12.8. The molecule has 1 atom stereocenters. The van der Waals surface area contributed by atoms with E-state index in [4.69, 9.17) is 11.6 Å². The van der Waals surface area contributed by atoms with E-state index < -0.39 is 18.4 Å². The highest BCUT2D eigenvalue weighted by Gasteiger charge is 2.38. The summed E-state index contributed by atoms with van der Waals surface area (Å²) in [5.74, 6) is -0.755. The van der Waals surface area contributed by atoms with Crippen LogP contribution in [0.1, 0.15) is 5.56 Å². The van der Waals surface area contributed by atoms with Crippen LogP contribution in [0, 0.1) is 0 Å². The summed E-state index contributed by atoms with van der Waals surface area (Å²) in [7, 11) is 0. The van der Waals surface area contributed by atoms with Crippen molar-refractivity contribution in [3.8, 4) is 0 Å².